The van der Waals surface area contributed by atoms with Crippen molar-refractivity contribution >= 4 is 5.69 Å². The van der Waals surface area contributed by atoms with E-state index in [0.717, 1.165) is 35.7 Å². The third-order valence-corrected chi connectivity index (χ3v) is 3.39. The third kappa shape index (κ3) is 3.48. The van der Waals surface area contributed by atoms with Gasteiger partial charge in [0.2, 0.25) is 0 Å². The van der Waals surface area contributed by atoms with Crippen LogP contribution >= 0.6 is 0 Å². The molecule has 1 aromatic carbocycles. The first-order valence-electron chi connectivity index (χ1n) is 7.10. The summed E-state index contributed by atoms with van der Waals surface area (Å²) in [7, 11) is 3.27. The van der Waals surface area contributed by atoms with Gasteiger partial charge < -0.3 is 15.2 Å². The zero-order chi connectivity index (χ0) is 15.4. The van der Waals surface area contributed by atoms with E-state index in [1.165, 1.54) is 0 Å². The van der Waals surface area contributed by atoms with E-state index in [0.29, 0.717) is 11.6 Å². The Morgan fingerprint density at radius 3 is 2.62 bits per heavy atom. The molecule has 0 aliphatic carbocycles. The minimum absolute atomic E-state index is 0.630. The summed E-state index contributed by atoms with van der Waals surface area (Å²) >= 11 is 0. The largest absolute Gasteiger partial charge is 0.497 e. The molecule has 0 saturated heterocycles. The van der Waals surface area contributed by atoms with E-state index in [-0.39, 0.29) is 0 Å². The fourth-order valence-corrected chi connectivity index (χ4v) is 2.15. The van der Waals surface area contributed by atoms with Gasteiger partial charge in [-0.15, -0.1) is 0 Å². The van der Waals surface area contributed by atoms with Crippen LogP contribution in [0.5, 0.6) is 11.5 Å². The maximum atomic E-state index is 6.12. The predicted octanol–water partition coefficient (Wildman–Crippen LogP) is 3.20. The van der Waals surface area contributed by atoms with Crippen LogP contribution in [0.2, 0.25) is 0 Å². The van der Waals surface area contributed by atoms with Crippen LogP contribution in [0, 0.1) is 5.92 Å². The number of nitrogen functional groups attached to an aromatic ring is 1. The van der Waals surface area contributed by atoms with Gasteiger partial charge in [0.25, 0.3) is 0 Å². The van der Waals surface area contributed by atoms with Crippen molar-refractivity contribution in [3.8, 4) is 22.8 Å². The number of nitrogens with two attached hydrogens (primary N) is 1. The van der Waals surface area contributed by atoms with Gasteiger partial charge in [0.15, 0.2) is 0 Å². The van der Waals surface area contributed by atoms with Crippen molar-refractivity contribution in [3.63, 3.8) is 0 Å². The number of hydrogen-bond donors (Lipinski definition) is 1. The third-order valence-electron chi connectivity index (χ3n) is 3.39. The van der Waals surface area contributed by atoms with Gasteiger partial charge >= 0.3 is 0 Å². The highest BCUT2D eigenvalue weighted by molar-refractivity contribution is 5.77. The quantitative estimate of drug-likeness (QED) is 0.887. The van der Waals surface area contributed by atoms with Crippen LogP contribution in [-0.2, 0) is 6.54 Å². The van der Waals surface area contributed by atoms with E-state index >= 15 is 0 Å². The minimum Gasteiger partial charge on any atom is -0.497 e. The number of ether oxygens (including phenoxy) is 2. The van der Waals surface area contributed by atoms with Gasteiger partial charge in [-0.05, 0) is 30.5 Å². The fraction of sp³-hybridized carbons (Fsp3) is 0.438. The van der Waals surface area contributed by atoms with Crippen LogP contribution in [0.3, 0.4) is 0 Å². The second-order valence-electron chi connectivity index (χ2n) is 5.44. The Kier molecular flexibility index (Phi) is 4.73. The molecule has 2 rings (SSSR count). The Bertz CT molecular complexity index is 606. The molecule has 5 nitrogen and oxygen atoms in total. The van der Waals surface area contributed by atoms with Crippen molar-refractivity contribution in [2.75, 3.05) is 20.0 Å². The summed E-state index contributed by atoms with van der Waals surface area (Å²) in [5, 5.41) is 4.59. The normalized spacial score (nSPS) is 10.9. The summed E-state index contributed by atoms with van der Waals surface area (Å²) in [4.78, 5) is 0. The number of aromatic nitrogens is 2. The number of rotatable bonds is 6. The molecule has 0 unspecified atom stereocenters. The van der Waals surface area contributed by atoms with Crippen LogP contribution in [0.4, 0.5) is 5.69 Å². The van der Waals surface area contributed by atoms with Crippen molar-refractivity contribution < 1.29 is 9.47 Å². The monoisotopic (exact) mass is 289 g/mol. The second-order valence-corrected chi connectivity index (χ2v) is 5.44. The minimum atomic E-state index is 0.630. The molecule has 0 fully saturated rings. The molecule has 114 valence electrons. The highest BCUT2D eigenvalue weighted by Crippen LogP contribution is 2.35. The number of anilines is 1. The van der Waals surface area contributed by atoms with Gasteiger partial charge in [-0.1, -0.05) is 13.8 Å². The van der Waals surface area contributed by atoms with Crippen LogP contribution in [0.1, 0.15) is 20.3 Å². The number of methoxy groups -OCH3 is 2. The van der Waals surface area contributed by atoms with E-state index < -0.39 is 0 Å². The molecular formula is C16H23N3O2. The lowest BCUT2D eigenvalue weighted by molar-refractivity contribution is 0.404. The number of aryl methyl sites for hydroxylation is 1. The topological polar surface area (TPSA) is 62.3 Å². The van der Waals surface area contributed by atoms with Crippen molar-refractivity contribution in [1.29, 1.82) is 0 Å². The van der Waals surface area contributed by atoms with Crippen LogP contribution < -0.4 is 15.2 Å². The number of nitrogens with zero attached hydrogens (tertiary/aromatic N) is 2. The van der Waals surface area contributed by atoms with Gasteiger partial charge in [-0.25, -0.2) is 0 Å². The molecule has 2 aromatic rings. The smallest absolute Gasteiger partial charge is 0.128 e. The standard InChI is InChI=1S/C16H23N3O2/c1-11(2)7-8-19-10-14(17)16(18-19)13-9-12(20-3)5-6-15(13)21-4/h5-6,9-11H,7-8,17H2,1-4H3. The van der Waals surface area contributed by atoms with Gasteiger partial charge in [0.05, 0.1) is 19.9 Å². The van der Waals surface area contributed by atoms with E-state index in [9.17, 15) is 0 Å². The Hall–Kier alpha value is -2.17. The molecule has 0 aliphatic rings. The highest BCUT2D eigenvalue weighted by Gasteiger charge is 2.15. The molecule has 2 N–H and O–H groups in total. The van der Waals surface area contributed by atoms with Gasteiger partial charge in [-0.2, -0.15) is 5.10 Å². The summed E-state index contributed by atoms with van der Waals surface area (Å²) < 4.78 is 12.6. The molecule has 1 heterocycles. The highest BCUT2D eigenvalue weighted by atomic mass is 16.5. The van der Waals surface area contributed by atoms with Crippen LogP contribution in [-0.4, -0.2) is 24.0 Å². The Labute approximate surface area is 125 Å². The summed E-state index contributed by atoms with van der Waals surface area (Å²) in [5.41, 5.74) is 8.34. The summed E-state index contributed by atoms with van der Waals surface area (Å²) in [6, 6.07) is 5.61. The van der Waals surface area contributed by atoms with Gasteiger partial charge in [0, 0.05) is 18.3 Å². The predicted molar refractivity (Wildman–Crippen MR) is 84.6 cm³/mol. The van der Waals surface area contributed by atoms with Gasteiger partial charge in [0.1, 0.15) is 17.2 Å². The molecule has 0 spiro atoms. The Morgan fingerprint density at radius 1 is 1.24 bits per heavy atom. The van der Waals surface area contributed by atoms with Crippen LogP contribution in [0.15, 0.2) is 24.4 Å². The summed E-state index contributed by atoms with van der Waals surface area (Å²) in [6.07, 6.45) is 2.94. The van der Waals surface area contributed by atoms with Crippen molar-refractivity contribution in [1.82, 2.24) is 9.78 Å². The molecule has 5 heteroatoms. The maximum Gasteiger partial charge on any atom is 0.128 e. The first kappa shape index (κ1) is 15.2. The fourth-order valence-electron chi connectivity index (χ4n) is 2.15. The van der Waals surface area contributed by atoms with E-state index in [4.69, 9.17) is 15.2 Å². The lowest BCUT2D eigenvalue weighted by Gasteiger charge is -2.09. The number of benzene rings is 1. The van der Waals surface area contributed by atoms with Gasteiger partial charge in [-0.3, -0.25) is 4.68 Å². The van der Waals surface area contributed by atoms with E-state index in [2.05, 4.69) is 18.9 Å². The first-order chi connectivity index (χ1) is 10.0. The molecule has 21 heavy (non-hydrogen) atoms. The average molecular weight is 289 g/mol. The van der Waals surface area contributed by atoms with Crippen molar-refractivity contribution in [3.05, 3.63) is 24.4 Å². The van der Waals surface area contributed by atoms with E-state index in [1.807, 2.05) is 29.1 Å². The average Bonchev–Trinajstić information content (AvgIpc) is 2.85. The zero-order valence-electron chi connectivity index (χ0n) is 13.1. The molecule has 0 atom stereocenters. The van der Waals surface area contributed by atoms with Crippen LogP contribution in [0.25, 0.3) is 11.3 Å². The number of hydrogen-bond acceptors (Lipinski definition) is 4. The molecule has 0 aliphatic heterocycles. The molecule has 1 aromatic heterocycles. The summed E-state index contributed by atoms with van der Waals surface area (Å²) in [6.45, 7) is 5.24. The lowest BCUT2D eigenvalue weighted by atomic mass is 10.1. The molecule has 0 bridgehead atoms. The molecular weight excluding hydrogens is 266 g/mol. The molecule has 0 amide bonds. The lowest BCUT2D eigenvalue weighted by Crippen LogP contribution is -2.02. The summed E-state index contributed by atoms with van der Waals surface area (Å²) in [5.74, 6) is 2.11. The van der Waals surface area contributed by atoms with Crippen molar-refractivity contribution in [2.45, 2.75) is 26.8 Å². The van der Waals surface area contributed by atoms with Crippen molar-refractivity contribution in [2.24, 2.45) is 5.92 Å². The Morgan fingerprint density at radius 2 is 2.00 bits per heavy atom. The maximum absolute atomic E-state index is 6.12. The van der Waals surface area contributed by atoms with E-state index in [1.54, 1.807) is 14.2 Å². The molecule has 0 saturated carbocycles. The SMILES string of the molecule is COc1ccc(OC)c(-c2nn(CCC(C)C)cc2N)c1. The second kappa shape index (κ2) is 6.52. The Balaban J connectivity index is 2.37. The zero-order valence-corrected chi connectivity index (χ0v) is 13.1. The first-order valence-corrected chi connectivity index (χ1v) is 7.10. The molecule has 0 radical (unpaired) electrons.